The maximum absolute atomic E-state index is 11.1. The molecule has 0 bridgehead atoms. The van der Waals surface area contributed by atoms with Crippen LogP contribution in [0.2, 0.25) is 0 Å². The first kappa shape index (κ1) is 12.9. The second kappa shape index (κ2) is 6.40. The normalized spacial score (nSPS) is 11.7. The van der Waals surface area contributed by atoms with E-state index in [-0.39, 0.29) is 30.4 Å². The van der Waals surface area contributed by atoms with Crippen LogP contribution in [0.4, 0.5) is 0 Å². The van der Waals surface area contributed by atoms with Crippen molar-refractivity contribution in [3.05, 3.63) is 0 Å². The molecule has 0 fully saturated rings. The highest BCUT2D eigenvalue weighted by atomic mass is 32.1. The predicted molar refractivity (Wildman–Crippen MR) is 55.2 cm³/mol. The van der Waals surface area contributed by atoms with Crippen molar-refractivity contribution in [2.75, 3.05) is 19.8 Å². The van der Waals surface area contributed by atoms with Crippen molar-refractivity contribution in [1.29, 1.82) is 0 Å². The van der Waals surface area contributed by atoms with E-state index in [1.165, 1.54) is 0 Å². The number of hydrogen-bond donors (Lipinski definition) is 2. The third kappa shape index (κ3) is 9.86. The third-order valence-corrected chi connectivity index (χ3v) is 1.74. The Bertz CT molecular complexity index is 151. The summed E-state index contributed by atoms with van der Waals surface area (Å²) in [7, 11) is 0. The first-order chi connectivity index (χ1) is 5.95. The van der Waals surface area contributed by atoms with Gasteiger partial charge >= 0.3 is 0 Å². The van der Waals surface area contributed by atoms with Crippen molar-refractivity contribution in [1.82, 2.24) is 0 Å². The summed E-state index contributed by atoms with van der Waals surface area (Å²) in [5.41, 5.74) is 0. The minimum Gasteiger partial charge on any atom is -0.394 e. The van der Waals surface area contributed by atoms with Gasteiger partial charge in [0.15, 0.2) is 5.78 Å². The van der Waals surface area contributed by atoms with Crippen LogP contribution in [-0.4, -0.2) is 35.5 Å². The monoisotopic (exact) mass is 206 g/mol. The Morgan fingerprint density at radius 2 is 2.15 bits per heavy atom. The molecule has 0 saturated heterocycles. The number of rotatable bonds is 7. The molecule has 0 spiro atoms. The van der Waals surface area contributed by atoms with Crippen LogP contribution in [0, 0.1) is 0 Å². The zero-order valence-corrected chi connectivity index (χ0v) is 9.14. The van der Waals surface area contributed by atoms with Crippen LogP contribution in [0.25, 0.3) is 0 Å². The molecule has 4 heteroatoms. The van der Waals surface area contributed by atoms with Gasteiger partial charge in [-0.25, -0.2) is 0 Å². The molecule has 0 aliphatic heterocycles. The number of ether oxygens (including phenoxy) is 1. The Balaban J connectivity index is 3.41. The zero-order chi connectivity index (χ0) is 10.3. The molecule has 0 atom stereocenters. The van der Waals surface area contributed by atoms with Crippen molar-refractivity contribution in [2.45, 2.75) is 31.4 Å². The number of hydrogen-bond acceptors (Lipinski definition) is 4. The predicted octanol–water partition coefficient (Wildman–Crippen LogP) is 1.05. The first-order valence-corrected chi connectivity index (χ1v) is 4.83. The number of ketones is 1. The molecule has 0 aromatic heterocycles. The Hall–Kier alpha value is -0.0600. The van der Waals surface area contributed by atoms with Crippen LogP contribution in [-0.2, 0) is 9.53 Å². The number of aliphatic hydroxyl groups excluding tert-OH is 1. The van der Waals surface area contributed by atoms with E-state index < -0.39 is 0 Å². The SMILES string of the molecule is CC(C)(S)CCC(=O)COCCO. The molecular weight excluding hydrogens is 188 g/mol. The second-order valence-electron chi connectivity index (χ2n) is 3.63. The van der Waals surface area contributed by atoms with Crippen LogP contribution >= 0.6 is 12.6 Å². The molecular formula is C9H18O3S. The average molecular weight is 206 g/mol. The van der Waals surface area contributed by atoms with Crippen molar-refractivity contribution >= 4 is 18.4 Å². The van der Waals surface area contributed by atoms with Gasteiger partial charge in [0.05, 0.1) is 13.2 Å². The molecule has 0 rings (SSSR count). The third-order valence-electron chi connectivity index (χ3n) is 1.51. The maximum Gasteiger partial charge on any atom is 0.158 e. The summed E-state index contributed by atoms with van der Waals surface area (Å²) in [6, 6.07) is 0. The van der Waals surface area contributed by atoms with Gasteiger partial charge in [0, 0.05) is 11.2 Å². The number of carbonyl (C=O) groups excluding carboxylic acids is 1. The zero-order valence-electron chi connectivity index (χ0n) is 8.25. The molecule has 0 aliphatic carbocycles. The minimum absolute atomic E-state index is 0.0364. The van der Waals surface area contributed by atoms with Gasteiger partial charge in [0.2, 0.25) is 0 Å². The summed E-state index contributed by atoms with van der Waals surface area (Å²) >= 11 is 4.31. The van der Waals surface area contributed by atoms with Crippen molar-refractivity contribution in [3.8, 4) is 0 Å². The topological polar surface area (TPSA) is 46.5 Å². The molecule has 0 unspecified atom stereocenters. The van der Waals surface area contributed by atoms with Gasteiger partial charge < -0.3 is 9.84 Å². The summed E-state index contributed by atoms with van der Waals surface area (Å²) < 4.78 is 4.78. The van der Waals surface area contributed by atoms with E-state index in [0.29, 0.717) is 6.42 Å². The van der Waals surface area contributed by atoms with E-state index in [0.717, 1.165) is 6.42 Å². The van der Waals surface area contributed by atoms with Gasteiger partial charge in [-0.2, -0.15) is 12.6 Å². The molecule has 0 aromatic carbocycles. The first-order valence-electron chi connectivity index (χ1n) is 4.38. The van der Waals surface area contributed by atoms with Crippen LogP contribution in [0.15, 0.2) is 0 Å². The molecule has 78 valence electrons. The van der Waals surface area contributed by atoms with Gasteiger partial charge in [0.25, 0.3) is 0 Å². The van der Waals surface area contributed by atoms with Crippen molar-refractivity contribution in [3.63, 3.8) is 0 Å². The lowest BCUT2D eigenvalue weighted by atomic mass is 10.1. The molecule has 0 aliphatic rings. The average Bonchev–Trinajstić information content (AvgIpc) is 2.00. The summed E-state index contributed by atoms with van der Waals surface area (Å²) in [5, 5.41) is 8.39. The van der Waals surface area contributed by atoms with E-state index in [4.69, 9.17) is 9.84 Å². The summed E-state index contributed by atoms with van der Waals surface area (Å²) in [6.45, 7) is 4.24. The second-order valence-corrected chi connectivity index (χ2v) is 4.84. The number of thiol groups is 1. The highest BCUT2D eigenvalue weighted by Crippen LogP contribution is 2.18. The Morgan fingerprint density at radius 1 is 1.54 bits per heavy atom. The Morgan fingerprint density at radius 3 is 2.62 bits per heavy atom. The highest BCUT2D eigenvalue weighted by Gasteiger charge is 2.13. The fourth-order valence-electron chi connectivity index (χ4n) is 0.768. The van der Waals surface area contributed by atoms with Crippen LogP contribution in [0.3, 0.4) is 0 Å². The fourth-order valence-corrected chi connectivity index (χ4v) is 0.880. The number of aliphatic hydroxyl groups is 1. The fraction of sp³-hybridized carbons (Fsp3) is 0.889. The quantitative estimate of drug-likeness (QED) is 0.483. The van der Waals surface area contributed by atoms with E-state index in [2.05, 4.69) is 12.6 Å². The van der Waals surface area contributed by atoms with E-state index >= 15 is 0 Å². The lowest BCUT2D eigenvalue weighted by Gasteiger charge is -2.15. The van der Waals surface area contributed by atoms with Gasteiger partial charge in [-0.15, -0.1) is 0 Å². The smallest absolute Gasteiger partial charge is 0.158 e. The van der Waals surface area contributed by atoms with Crippen LogP contribution < -0.4 is 0 Å². The van der Waals surface area contributed by atoms with Crippen molar-refractivity contribution in [2.24, 2.45) is 0 Å². The molecule has 0 amide bonds. The standard InChI is InChI=1S/C9H18O3S/c1-9(2,13)4-3-8(11)7-12-6-5-10/h10,13H,3-7H2,1-2H3. The highest BCUT2D eigenvalue weighted by molar-refractivity contribution is 7.81. The van der Waals surface area contributed by atoms with Gasteiger partial charge in [0.1, 0.15) is 6.61 Å². The summed E-state index contributed by atoms with van der Waals surface area (Å²) in [4.78, 5) is 11.1. The van der Waals surface area contributed by atoms with Crippen molar-refractivity contribution < 1.29 is 14.6 Å². The van der Waals surface area contributed by atoms with E-state index in [1.54, 1.807) is 0 Å². The molecule has 0 radical (unpaired) electrons. The Labute approximate surface area is 84.9 Å². The van der Waals surface area contributed by atoms with E-state index in [9.17, 15) is 4.79 Å². The van der Waals surface area contributed by atoms with Gasteiger partial charge in [-0.1, -0.05) is 13.8 Å². The molecule has 1 N–H and O–H groups in total. The minimum atomic E-state index is -0.105. The number of Topliss-reactive ketones (excluding diaryl/α,β-unsaturated/α-hetero) is 1. The molecule has 13 heavy (non-hydrogen) atoms. The molecule has 0 aromatic rings. The number of carbonyl (C=O) groups is 1. The van der Waals surface area contributed by atoms with Crippen LogP contribution in [0.1, 0.15) is 26.7 Å². The molecule has 3 nitrogen and oxygen atoms in total. The lowest BCUT2D eigenvalue weighted by molar-refractivity contribution is -0.124. The molecule has 0 saturated carbocycles. The summed E-state index contributed by atoms with van der Waals surface area (Å²) in [6.07, 6.45) is 1.24. The van der Waals surface area contributed by atoms with Crippen LogP contribution in [0.5, 0.6) is 0 Å². The largest absolute Gasteiger partial charge is 0.394 e. The Kier molecular flexibility index (Phi) is 6.37. The lowest BCUT2D eigenvalue weighted by Crippen LogP contribution is -2.16. The molecule has 0 heterocycles. The van der Waals surface area contributed by atoms with Gasteiger partial charge in [-0.3, -0.25) is 4.79 Å². The summed E-state index contributed by atoms with van der Waals surface area (Å²) in [5.74, 6) is 0.0653. The van der Waals surface area contributed by atoms with Gasteiger partial charge in [-0.05, 0) is 6.42 Å². The maximum atomic E-state index is 11.1. The van der Waals surface area contributed by atoms with E-state index in [1.807, 2.05) is 13.8 Å².